The van der Waals surface area contributed by atoms with Crippen molar-refractivity contribution in [2.24, 2.45) is 13.0 Å². The molecule has 37 heavy (non-hydrogen) atoms. The third-order valence-corrected chi connectivity index (χ3v) is 8.55. The fourth-order valence-corrected chi connectivity index (χ4v) is 6.37. The van der Waals surface area contributed by atoms with E-state index in [4.69, 9.17) is 9.72 Å². The molecular weight excluding hydrogens is 486 g/mol. The first-order chi connectivity index (χ1) is 17.8. The van der Waals surface area contributed by atoms with E-state index < -0.39 is 9.84 Å². The van der Waals surface area contributed by atoms with E-state index in [0.29, 0.717) is 10.8 Å². The van der Waals surface area contributed by atoms with Crippen LogP contribution in [0.5, 0.6) is 0 Å². The molecule has 1 aliphatic rings. The van der Waals surface area contributed by atoms with E-state index in [-0.39, 0.29) is 6.04 Å². The number of nitrogens with zero attached hydrogens (tertiary/aromatic N) is 5. The van der Waals surface area contributed by atoms with Crippen LogP contribution in [0.2, 0.25) is 0 Å². The lowest BCUT2D eigenvalue weighted by Gasteiger charge is -2.33. The Morgan fingerprint density at radius 1 is 1.03 bits per heavy atom. The van der Waals surface area contributed by atoms with Gasteiger partial charge in [0.1, 0.15) is 0 Å². The molecule has 190 valence electrons. The quantitative estimate of drug-likeness (QED) is 0.337. The monoisotopic (exact) mass is 515 g/mol. The molecule has 2 aromatic carbocycles. The fourth-order valence-electron chi connectivity index (χ4n) is 5.72. The summed E-state index contributed by atoms with van der Waals surface area (Å²) in [7, 11) is -1.50. The Hall–Kier alpha value is -3.56. The Morgan fingerprint density at radius 2 is 1.78 bits per heavy atom. The zero-order valence-corrected chi connectivity index (χ0v) is 21.9. The maximum Gasteiger partial charge on any atom is 0.175 e. The second-order valence-electron chi connectivity index (χ2n) is 9.87. The highest BCUT2D eigenvalue weighted by Crippen LogP contribution is 2.41. The molecule has 0 saturated carbocycles. The third-order valence-electron chi connectivity index (χ3n) is 7.44. The van der Waals surface area contributed by atoms with Crippen molar-refractivity contribution < 1.29 is 13.2 Å². The van der Waals surface area contributed by atoms with Crippen LogP contribution in [-0.2, 0) is 21.6 Å². The van der Waals surface area contributed by atoms with E-state index in [9.17, 15) is 8.42 Å². The van der Waals surface area contributed by atoms with Crippen LogP contribution >= 0.6 is 0 Å². The van der Waals surface area contributed by atoms with Gasteiger partial charge in [0.05, 0.1) is 38.9 Å². The van der Waals surface area contributed by atoms with Crippen LogP contribution in [0.15, 0.2) is 65.7 Å². The molecule has 1 fully saturated rings. The minimum absolute atomic E-state index is 0.0389. The summed E-state index contributed by atoms with van der Waals surface area (Å²) in [6.45, 7) is 3.40. The topological polar surface area (TPSA) is 91.9 Å². The first-order valence-electron chi connectivity index (χ1n) is 12.5. The number of hydrogen-bond acceptors (Lipinski definition) is 6. The largest absolute Gasteiger partial charge is 0.381 e. The highest BCUT2D eigenvalue weighted by Gasteiger charge is 2.30. The molecule has 0 bridgehead atoms. The normalized spacial score (nSPS) is 16.0. The van der Waals surface area contributed by atoms with Crippen LogP contribution in [0.3, 0.4) is 0 Å². The molecule has 0 spiro atoms. The lowest BCUT2D eigenvalue weighted by Crippen LogP contribution is -2.26. The number of benzene rings is 2. The standard InChI is InChI=1S/C28H29N5O3S/c1-18-27(32(2)31-30-18)21-15-25-26(29-17-21)23-16-22(37(3,34)35)9-10-24(23)33(25)28(19-7-5-4-6-8-19)20-11-13-36-14-12-20/h4-10,15-17,20,28H,11-14H2,1-3H3/t28-/m1/s1. The van der Waals surface area contributed by atoms with Crippen LogP contribution in [0.25, 0.3) is 33.2 Å². The molecule has 1 saturated heterocycles. The fraction of sp³-hybridized carbons (Fsp3) is 0.321. The average molecular weight is 516 g/mol. The number of aryl methyl sites for hydroxylation is 2. The molecule has 5 aromatic rings. The molecule has 1 atom stereocenters. The van der Waals surface area contributed by atoms with Crippen LogP contribution in [0, 0.1) is 12.8 Å². The summed E-state index contributed by atoms with van der Waals surface area (Å²) in [5.41, 5.74) is 6.57. The number of ether oxygens (including phenoxy) is 1. The minimum atomic E-state index is -3.37. The van der Waals surface area contributed by atoms with Gasteiger partial charge < -0.3 is 9.30 Å². The van der Waals surface area contributed by atoms with E-state index >= 15 is 0 Å². The molecule has 0 amide bonds. The summed E-state index contributed by atoms with van der Waals surface area (Å²) in [6.07, 6.45) is 4.96. The van der Waals surface area contributed by atoms with Gasteiger partial charge >= 0.3 is 0 Å². The van der Waals surface area contributed by atoms with Crippen molar-refractivity contribution in [3.05, 3.63) is 72.1 Å². The predicted octanol–water partition coefficient (Wildman–Crippen LogP) is 4.71. The van der Waals surface area contributed by atoms with Crippen LogP contribution in [0.4, 0.5) is 0 Å². The predicted molar refractivity (Wildman–Crippen MR) is 143 cm³/mol. The number of pyridine rings is 1. The Kier molecular flexibility index (Phi) is 5.84. The molecule has 6 rings (SSSR count). The van der Waals surface area contributed by atoms with Crippen molar-refractivity contribution in [3.63, 3.8) is 0 Å². The molecule has 0 aliphatic carbocycles. The van der Waals surface area contributed by atoms with Gasteiger partial charge in [-0.05, 0) is 55.5 Å². The molecular formula is C28H29N5O3S. The third kappa shape index (κ3) is 4.12. The van der Waals surface area contributed by atoms with Crippen molar-refractivity contribution in [2.75, 3.05) is 19.5 Å². The van der Waals surface area contributed by atoms with Crippen LogP contribution in [-0.4, -0.2) is 52.4 Å². The maximum atomic E-state index is 12.4. The summed E-state index contributed by atoms with van der Waals surface area (Å²) in [6, 6.07) is 18.1. The van der Waals surface area contributed by atoms with Gasteiger partial charge in [0, 0.05) is 43.7 Å². The molecule has 0 unspecified atom stereocenters. The van der Waals surface area contributed by atoms with Crippen molar-refractivity contribution in [1.82, 2.24) is 24.5 Å². The molecule has 0 N–H and O–H groups in total. The van der Waals surface area contributed by atoms with Gasteiger partial charge in [-0.1, -0.05) is 35.5 Å². The number of fused-ring (bicyclic) bond motifs is 3. The van der Waals surface area contributed by atoms with Crippen LogP contribution < -0.4 is 0 Å². The lowest BCUT2D eigenvalue weighted by atomic mass is 9.86. The highest BCUT2D eigenvalue weighted by molar-refractivity contribution is 7.90. The highest BCUT2D eigenvalue weighted by atomic mass is 32.2. The second kappa shape index (κ2) is 9.08. The lowest BCUT2D eigenvalue weighted by molar-refractivity contribution is 0.0553. The number of aromatic nitrogens is 5. The zero-order valence-electron chi connectivity index (χ0n) is 21.1. The molecule has 8 nitrogen and oxygen atoms in total. The van der Waals surface area contributed by atoms with E-state index in [2.05, 4.69) is 45.2 Å². The molecule has 9 heteroatoms. The summed E-state index contributed by atoms with van der Waals surface area (Å²) in [5.74, 6) is 0.355. The Balaban J connectivity index is 1.69. The smallest absolute Gasteiger partial charge is 0.175 e. The minimum Gasteiger partial charge on any atom is -0.381 e. The SMILES string of the molecule is Cc1nnn(C)c1-c1cnc2c3cc(S(C)(=O)=O)ccc3n([C@H](c3ccccc3)C3CCOCC3)c2c1. The molecule has 3 aromatic heterocycles. The van der Waals surface area contributed by atoms with Gasteiger partial charge in [0.2, 0.25) is 0 Å². The Bertz CT molecular complexity index is 1700. The van der Waals surface area contributed by atoms with E-state index in [1.54, 1.807) is 16.8 Å². The summed E-state index contributed by atoms with van der Waals surface area (Å²) < 4.78 is 34.7. The van der Waals surface area contributed by atoms with Gasteiger partial charge in [-0.2, -0.15) is 0 Å². The molecule has 0 radical (unpaired) electrons. The van der Waals surface area contributed by atoms with Crippen molar-refractivity contribution in [3.8, 4) is 11.3 Å². The van der Waals surface area contributed by atoms with Crippen molar-refractivity contribution in [1.29, 1.82) is 0 Å². The Morgan fingerprint density at radius 3 is 2.46 bits per heavy atom. The van der Waals surface area contributed by atoms with Crippen molar-refractivity contribution in [2.45, 2.75) is 30.7 Å². The summed E-state index contributed by atoms with van der Waals surface area (Å²) in [4.78, 5) is 5.19. The number of hydrogen-bond donors (Lipinski definition) is 0. The van der Waals surface area contributed by atoms with Crippen molar-refractivity contribution >= 4 is 31.8 Å². The van der Waals surface area contributed by atoms with Crippen LogP contribution in [0.1, 0.15) is 30.1 Å². The second-order valence-corrected chi connectivity index (χ2v) is 11.9. The Labute approximate surface area is 215 Å². The average Bonchev–Trinajstić information content (AvgIpc) is 3.40. The number of sulfone groups is 1. The van der Waals surface area contributed by atoms with Gasteiger partial charge in [0.25, 0.3) is 0 Å². The van der Waals surface area contributed by atoms with E-state index in [1.807, 2.05) is 32.3 Å². The van der Waals surface area contributed by atoms with Gasteiger partial charge in [-0.25, -0.2) is 13.1 Å². The zero-order chi connectivity index (χ0) is 25.7. The van der Waals surface area contributed by atoms with E-state index in [0.717, 1.165) is 64.9 Å². The van der Waals surface area contributed by atoms with Gasteiger partial charge in [-0.15, -0.1) is 5.10 Å². The summed E-state index contributed by atoms with van der Waals surface area (Å²) in [5, 5.41) is 9.25. The van der Waals surface area contributed by atoms with E-state index in [1.165, 1.54) is 11.8 Å². The first kappa shape index (κ1) is 23.8. The molecule has 4 heterocycles. The first-order valence-corrected chi connectivity index (χ1v) is 14.3. The molecule has 1 aliphatic heterocycles. The maximum absolute atomic E-state index is 12.4. The number of rotatable bonds is 5. The van der Waals surface area contributed by atoms with Gasteiger partial charge in [0.15, 0.2) is 9.84 Å². The van der Waals surface area contributed by atoms with Gasteiger partial charge in [-0.3, -0.25) is 4.98 Å². The summed E-state index contributed by atoms with van der Waals surface area (Å²) >= 11 is 0.